The molecule has 128 valence electrons. The van der Waals surface area contributed by atoms with E-state index in [4.69, 9.17) is 13.7 Å². The van der Waals surface area contributed by atoms with Crippen molar-refractivity contribution in [2.75, 3.05) is 13.1 Å². The van der Waals surface area contributed by atoms with Crippen LogP contribution >= 0.6 is 0 Å². The molecule has 2 aromatic rings. The number of hydrogen-bond donors (Lipinski definition) is 0. The van der Waals surface area contributed by atoms with E-state index in [0.29, 0.717) is 36.5 Å². The third-order valence-corrected chi connectivity index (χ3v) is 4.32. The smallest absolute Gasteiger partial charge is 0.291 e. The summed E-state index contributed by atoms with van der Waals surface area (Å²) in [6, 6.07) is 0. The second kappa shape index (κ2) is 5.70. The third-order valence-electron chi connectivity index (χ3n) is 4.32. The molecular weight excluding hydrogens is 312 g/mol. The van der Waals surface area contributed by atoms with E-state index in [1.807, 2.05) is 6.92 Å². The minimum atomic E-state index is -0.415. The molecule has 8 heteroatoms. The van der Waals surface area contributed by atoms with E-state index in [9.17, 15) is 4.79 Å². The lowest BCUT2D eigenvalue weighted by Crippen LogP contribution is -2.46. The average molecular weight is 332 g/mol. The summed E-state index contributed by atoms with van der Waals surface area (Å²) in [6.45, 7) is 6.26. The van der Waals surface area contributed by atoms with Gasteiger partial charge in [0.1, 0.15) is 0 Å². The number of oxazole rings is 1. The van der Waals surface area contributed by atoms with Gasteiger partial charge < -0.3 is 18.6 Å². The van der Waals surface area contributed by atoms with Crippen molar-refractivity contribution in [3.8, 4) is 0 Å². The zero-order chi connectivity index (χ0) is 16.8. The van der Waals surface area contributed by atoms with Crippen LogP contribution in [-0.2, 0) is 4.74 Å². The summed E-state index contributed by atoms with van der Waals surface area (Å²) < 4.78 is 16.7. The Morgan fingerprint density at radius 2 is 2.00 bits per heavy atom. The molecule has 0 aromatic carbocycles. The molecule has 1 saturated carbocycles. The molecule has 4 rings (SSSR count). The predicted molar refractivity (Wildman–Crippen MR) is 81.4 cm³/mol. The van der Waals surface area contributed by atoms with Gasteiger partial charge in [-0.05, 0) is 26.7 Å². The van der Waals surface area contributed by atoms with E-state index in [-0.39, 0.29) is 17.8 Å². The number of hydrogen-bond acceptors (Lipinski definition) is 7. The first kappa shape index (κ1) is 15.3. The molecule has 8 nitrogen and oxygen atoms in total. The topological polar surface area (TPSA) is 94.5 Å². The predicted octanol–water partition coefficient (Wildman–Crippen LogP) is 2.15. The highest BCUT2D eigenvalue weighted by Crippen LogP contribution is 2.39. The quantitative estimate of drug-likeness (QED) is 0.850. The summed E-state index contributed by atoms with van der Waals surface area (Å²) in [4.78, 5) is 23.1. The number of carbonyl (C=O) groups is 1. The first-order valence-electron chi connectivity index (χ1n) is 8.23. The highest BCUT2D eigenvalue weighted by Gasteiger charge is 2.36. The molecular formula is C16H20N4O4. The molecule has 1 amide bonds. The average Bonchev–Trinajstić information content (AvgIpc) is 3.17. The number of morpholine rings is 1. The van der Waals surface area contributed by atoms with Gasteiger partial charge in [0.15, 0.2) is 17.8 Å². The van der Waals surface area contributed by atoms with Crippen LogP contribution in [0.1, 0.15) is 65.6 Å². The SMILES string of the molecule is Cc1nc(C)c(C(=O)N2C[C@@H](C)O[C@@H](c3nc(C4CC4)no3)C2)o1. The summed E-state index contributed by atoms with van der Waals surface area (Å²) in [5, 5.41) is 4.03. The molecule has 0 radical (unpaired) electrons. The molecule has 2 fully saturated rings. The molecule has 0 spiro atoms. The molecule has 3 heterocycles. The van der Waals surface area contributed by atoms with Crippen molar-refractivity contribution >= 4 is 5.91 Å². The van der Waals surface area contributed by atoms with E-state index < -0.39 is 6.10 Å². The van der Waals surface area contributed by atoms with Gasteiger partial charge in [0.25, 0.3) is 11.8 Å². The maximum atomic E-state index is 12.7. The van der Waals surface area contributed by atoms with Crippen LogP contribution in [0.4, 0.5) is 0 Å². The van der Waals surface area contributed by atoms with Crippen molar-refractivity contribution in [1.29, 1.82) is 0 Å². The summed E-state index contributed by atoms with van der Waals surface area (Å²) in [6.07, 6.45) is 1.67. The second-order valence-electron chi connectivity index (χ2n) is 6.56. The Bertz CT molecular complexity index is 764. The number of aryl methyl sites for hydroxylation is 2. The minimum absolute atomic E-state index is 0.131. The maximum absolute atomic E-state index is 12.7. The maximum Gasteiger partial charge on any atom is 0.291 e. The Hall–Kier alpha value is -2.22. The molecule has 2 aromatic heterocycles. The Kier molecular flexibility index (Phi) is 3.64. The van der Waals surface area contributed by atoms with E-state index in [1.165, 1.54) is 0 Å². The first-order chi connectivity index (χ1) is 11.5. The van der Waals surface area contributed by atoms with Crippen molar-refractivity contribution in [1.82, 2.24) is 20.0 Å². The molecule has 1 saturated heterocycles. The molecule has 24 heavy (non-hydrogen) atoms. The molecule has 0 N–H and O–H groups in total. The van der Waals surface area contributed by atoms with Crippen LogP contribution in [-0.4, -0.2) is 45.1 Å². The fourth-order valence-corrected chi connectivity index (χ4v) is 3.01. The Morgan fingerprint density at radius 1 is 1.21 bits per heavy atom. The van der Waals surface area contributed by atoms with Crippen LogP contribution in [0.2, 0.25) is 0 Å². The molecule has 0 unspecified atom stereocenters. The molecule has 1 aliphatic heterocycles. The Morgan fingerprint density at radius 3 is 2.67 bits per heavy atom. The van der Waals surface area contributed by atoms with Crippen LogP contribution in [0.5, 0.6) is 0 Å². The fraction of sp³-hybridized carbons (Fsp3) is 0.625. The van der Waals surface area contributed by atoms with Crippen molar-refractivity contribution in [3.05, 3.63) is 29.1 Å². The zero-order valence-corrected chi connectivity index (χ0v) is 14.0. The second-order valence-corrected chi connectivity index (χ2v) is 6.56. The van der Waals surface area contributed by atoms with Crippen LogP contribution in [0, 0.1) is 13.8 Å². The molecule has 1 aliphatic carbocycles. The van der Waals surface area contributed by atoms with Gasteiger partial charge in [-0.2, -0.15) is 4.98 Å². The number of amides is 1. The number of nitrogens with zero attached hydrogens (tertiary/aromatic N) is 4. The molecule has 0 bridgehead atoms. The minimum Gasteiger partial charge on any atom is -0.436 e. The zero-order valence-electron chi connectivity index (χ0n) is 14.0. The van der Waals surface area contributed by atoms with E-state index in [0.717, 1.165) is 18.7 Å². The van der Waals surface area contributed by atoms with Gasteiger partial charge in [0, 0.05) is 19.4 Å². The largest absolute Gasteiger partial charge is 0.436 e. The molecule has 2 aliphatic rings. The summed E-state index contributed by atoms with van der Waals surface area (Å²) in [5.74, 6) is 2.18. The van der Waals surface area contributed by atoms with Gasteiger partial charge >= 0.3 is 0 Å². The standard InChI is InChI=1S/C16H20N4O4/c1-8-6-20(16(21)13-9(2)17-10(3)23-13)7-12(22-8)15-18-14(19-24-15)11-4-5-11/h8,11-12H,4-7H2,1-3H3/t8-,12-/m1/s1. The normalized spacial score (nSPS) is 24.4. The summed E-state index contributed by atoms with van der Waals surface area (Å²) >= 11 is 0. The summed E-state index contributed by atoms with van der Waals surface area (Å²) in [7, 11) is 0. The van der Waals surface area contributed by atoms with Gasteiger partial charge in [-0.15, -0.1) is 0 Å². The van der Waals surface area contributed by atoms with Gasteiger partial charge in [0.05, 0.1) is 18.3 Å². The van der Waals surface area contributed by atoms with Gasteiger partial charge in [0.2, 0.25) is 5.76 Å². The van der Waals surface area contributed by atoms with E-state index >= 15 is 0 Å². The summed E-state index contributed by atoms with van der Waals surface area (Å²) in [5.41, 5.74) is 0.599. The lowest BCUT2D eigenvalue weighted by molar-refractivity contribution is -0.0815. The van der Waals surface area contributed by atoms with Gasteiger partial charge in [-0.1, -0.05) is 5.16 Å². The van der Waals surface area contributed by atoms with Crippen molar-refractivity contribution < 1.29 is 18.5 Å². The Balaban J connectivity index is 1.53. The van der Waals surface area contributed by atoms with Gasteiger partial charge in [-0.25, -0.2) is 4.98 Å². The Labute approximate surface area is 139 Å². The monoisotopic (exact) mass is 332 g/mol. The number of carbonyl (C=O) groups excluding carboxylic acids is 1. The van der Waals surface area contributed by atoms with E-state index in [2.05, 4.69) is 15.1 Å². The lowest BCUT2D eigenvalue weighted by Gasteiger charge is -2.34. The lowest BCUT2D eigenvalue weighted by atomic mass is 10.2. The van der Waals surface area contributed by atoms with Crippen LogP contribution in [0.15, 0.2) is 8.94 Å². The van der Waals surface area contributed by atoms with Crippen LogP contribution < -0.4 is 0 Å². The number of aromatic nitrogens is 3. The van der Waals surface area contributed by atoms with Gasteiger partial charge in [-0.3, -0.25) is 4.79 Å². The van der Waals surface area contributed by atoms with Crippen LogP contribution in [0.25, 0.3) is 0 Å². The van der Waals surface area contributed by atoms with E-state index in [1.54, 1.807) is 18.7 Å². The first-order valence-corrected chi connectivity index (χ1v) is 8.23. The number of ether oxygens (including phenoxy) is 1. The number of rotatable bonds is 3. The van der Waals surface area contributed by atoms with Crippen molar-refractivity contribution in [2.45, 2.75) is 51.7 Å². The molecule has 2 atom stereocenters. The van der Waals surface area contributed by atoms with Crippen LogP contribution in [0.3, 0.4) is 0 Å². The van der Waals surface area contributed by atoms with Crippen molar-refractivity contribution in [3.63, 3.8) is 0 Å². The third kappa shape index (κ3) is 2.82. The highest BCUT2D eigenvalue weighted by molar-refractivity contribution is 5.92. The van der Waals surface area contributed by atoms with Crippen molar-refractivity contribution in [2.24, 2.45) is 0 Å². The fourth-order valence-electron chi connectivity index (χ4n) is 3.01. The highest BCUT2D eigenvalue weighted by atomic mass is 16.5.